The minimum Gasteiger partial charge on any atom is -0.494 e. The fourth-order valence-electron chi connectivity index (χ4n) is 9.45. The molecule has 8 rings (SSSR count). The molecule has 2 saturated heterocycles. The van der Waals surface area contributed by atoms with Crippen molar-refractivity contribution in [3.05, 3.63) is 121 Å². The summed E-state index contributed by atoms with van der Waals surface area (Å²) in [5.74, 6) is -8.43. The van der Waals surface area contributed by atoms with Crippen LogP contribution < -0.4 is 25.4 Å². The van der Waals surface area contributed by atoms with Crippen molar-refractivity contribution in [1.82, 2.24) is 40.6 Å². The molecular weight excluding hydrogens is 1070 g/mol. The molecule has 23 heteroatoms. The lowest BCUT2D eigenvalue weighted by Gasteiger charge is -2.24. The van der Waals surface area contributed by atoms with Crippen molar-refractivity contribution in [3.8, 4) is 45.9 Å². The molecule has 19 nitrogen and oxygen atoms in total. The van der Waals surface area contributed by atoms with Crippen LogP contribution in [0.15, 0.2) is 109 Å². The summed E-state index contributed by atoms with van der Waals surface area (Å²) >= 11 is 0. The number of benzene rings is 4. The fourth-order valence-corrected chi connectivity index (χ4v) is 9.45. The first-order chi connectivity index (χ1) is 39.1. The smallest absolute Gasteiger partial charge is 0.408 e. The molecule has 3 N–H and O–H groups in total. The molecule has 4 heterocycles. The van der Waals surface area contributed by atoms with Gasteiger partial charge in [0, 0.05) is 49.1 Å². The summed E-state index contributed by atoms with van der Waals surface area (Å²) in [6, 6.07) is 29.0. The Hall–Kier alpha value is -9.38. The summed E-state index contributed by atoms with van der Waals surface area (Å²) in [5.41, 5.74) is 3.73. The number of hydrogen-bond donors (Lipinski definition) is 3. The Balaban J connectivity index is 0.832. The predicted molar refractivity (Wildman–Crippen MR) is 291 cm³/mol. The van der Waals surface area contributed by atoms with Crippen LogP contribution in [0.2, 0.25) is 0 Å². The van der Waals surface area contributed by atoms with E-state index in [2.05, 4.69) is 25.9 Å². The summed E-state index contributed by atoms with van der Waals surface area (Å²) in [6.45, 7) is 2.96. The zero-order valence-electron chi connectivity index (χ0n) is 45.1. The third-order valence-electron chi connectivity index (χ3n) is 13.4. The summed E-state index contributed by atoms with van der Waals surface area (Å²) in [6.07, 6.45) is 1.50. The molecule has 2 aliphatic rings. The number of aromatic nitrogens is 2. The number of carbonyl (C=O) groups excluding carboxylic acids is 6. The quantitative estimate of drug-likeness (QED) is 0.0491. The Kier molecular flexibility index (Phi) is 18.2. The van der Waals surface area contributed by atoms with E-state index in [1.54, 1.807) is 86.3 Å². The highest BCUT2D eigenvalue weighted by Gasteiger charge is 2.48. The van der Waals surface area contributed by atoms with Gasteiger partial charge in [-0.15, -0.1) is 0 Å². The number of nitrogens with zero attached hydrogens (tertiary/aromatic N) is 7. The van der Waals surface area contributed by atoms with Gasteiger partial charge in [0.05, 0.1) is 73.7 Å². The summed E-state index contributed by atoms with van der Waals surface area (Å²) in [4.78, 5) is 89.9. The first-order valence-electron chi connectivity index (χ1n) is 26.3. The van der Waals surface area contributed by atoms with Crippen molar-refractivity contribution in [2.75, 3.05) is 59.0 Å². The van der Waals surface area contributed by atoms with Crippen molar-refractivity contribution >= 4 is 57.4 Å². The number of pyridine rings is 2. The Morgan fingerprint density at radius 2 is 1.02 bits per heavy atom. The van der Waals surface area contributed by atoms with Crippen LogP contribution in [0.5, 0.6) is 11.5 Å². The number of ether oxygens (including phenoxy) is 3. The molecule has 2 fully saturated rings. The summed E-state index contributed by atoms with van der Waals surface area (Å²) in [5, 5.41) is 27.0. The third kappa shape index (κ3) is 15.1. The van der Waals surface area contributed by atoms with Gasteiger partial charge in [0.25, 0.3) is 23.7 Å². The number of fused-ring (bicyclic) bond motifs is 2. The molecular formula is C59H58F4N10O9. The molecule has 82 heavy (non-hydrogen) atoms. The van der Waals surface area contributed by atoms with Gasteiger partial charge in [-0.05, 0) is 117 Å². The SMILES string of the molecule is CC(C)(C)OC(=O)NCC(=O)N(CCCOc1ccc(-c2ccc3nccc(C(=O)NCC(=O)N4CC(F)(F)C[C@H]4C#N)c3c2)cc1)CCCOc1ccc(-c2ccc3nccc(C(=O)NCC(=O)N4CC(F)(F)C[C@H]4C#N)c3c2)cc1. The van der Waals surface area contributed by atoms with Crippen LogP contribution in [0.4, 0.5) is 22.4 Å². The molecule has 0 unspecified atom stereocenters. The molecule has 0 saturated carbocycles. The van der Waals surface area contributed by atoms with Gasteiger partial charge in [0.2, 0.25) is 17.7 Å². The summed E-state index contributed by atoms with van der Waals surface area (Å²) < 4.78 is 73.2. The highest BCUT2D eigenvalue weighted by atomic mass is 19.3. The van der Waals surface area contributed by atoms with E-state index in [0.717, 1.165) is 32.1 Å². The van der Waals surface area contributed by atoms with Crippen LogP contribution in [-0.2, 0) is 19.1 Å². The van der Waals surface area contributed by atoms with Crippen molar-refractivity contribution in [3.63, 3.8) is 0 Å². The van der Waals surface area contributed by atoms with Crippen molar-refractivity contribution in [2.45, 2.75) is 76.0 Å². The van der Waals surface area contributed by atoms with Gasteiger partial charge < -0.3 is 44.9 Å². The first kappa shape index (κ1) is 58.8. The van der Waals surface area contributed by atoms with E-state index in [1.165, 1.54) is 24.5 Å². The highest BCUT2D eigenvalue weighted by Crippen LogP contribution is 2.34. The van der Waals surface area contributed by atoms with Gasteiger partial charge in [0.15, 0.2) is 0 Å². The molecule has 0 radical (unpaired) electrons. The van der Waals surface area contributed by atoms with Crippen LogP contribution in [0, 0.1) is 22.7 Å². The van der Waals surface area contributed by atoms with E-state index >= 15 is 0 Å². The van der Waals surface area contributed by atoms with Crippen LogP contribution in [0.25, 0.3) is 44.1 Å². The zero-order chi connectivity index (χ0) is 58.8. The average Bonchev–Trinajstić information content (AvgIpc) is 4.04. The second-order valence-corrected chi connectivity index (χ2v) is 20.7. The normalized spacial score (nSPS) is 16.2. The van der Waals surface area contributed by atoms with E-state index in [-0.39, 0.29) is 49.9 Å². The lowest BCUT2D eigenvalue weighted by atomic mass is 10.0. The first-order valence-corrected chi connectivity index (χ1v) is 26.3. The molecule has 0 bridgehead atoms. The Labute approximate surface area is 469 Å². The lowest BCUT2D eigenvalue weighted by molar-refractivity contribution is -0.132. The number of alkyl halides is 4. The maximum atomic E-state index is 13.9. The molecule has 0 spiro atoms. The van der Waals surface area contributed by atoms with E-state index in [1.807, 2.05) is 36.4 Å². The van der Waals surface area contributed by atoms with Gasteiger partial charge in [0.1, 0.15) is 35.7 Å². The van der Waals surface area contributed by atoms with Crippen LogP contribution in [-0.4, -0.2) is 149 Å². The number of carbonyl (C=O) groups is 6. The topological polar surface area (TPSA) is 249 Å². The van der Waals surface area contributed by atoms with Gasteiger partial charge in [-0.1, -0.05) is 36.4 Å². The molecule has 2 aromatic heterocycles. The maximum absolute atomic E-state index is 13.9. The number of amides is 6. The monoisotopic (exact) mass is 1130 g/mol. The Morgan fingerprint density at radius 1 is 0.610 bits per heavy atom. The van der Waals surface area contributed by atoms with E-state index in [9.17, 15) is 56.9 Å². The Morgan fingerprint density at radius 3 is 1.43 bits per heavy atom. The minimum absolute atomic E-state index is 0.212. The molecule has 6 aromatic rings. The number of likely N-dealkylation sites (tertiary alicyclic amines) is 2. The van der Waals surface area contributed by atoms with Crippen molar-refractivity contribution in [1.29, 1.82) is 10.5 Å². The lowest BCUT2D eigenvalue weighted by Crippen LogP contribution is -2.43. The van der Waals surface area contributed by atoms with Crippen molar-refractivity contribution in [2.24, 2.45) is 0 Å². The second kappa shape index (κ2) is 25.4. The number of nitrogens with one attached hydrogen (secondary N) is 3. The highest BCUT2D eigenvalue weighted by molar-refractivity contribution is 6.09. The second-order valence-electron chi connectivity index (χ2n) is 20.7. The van der Waals surface area contributed by atoms with Gasteiger partial charge in [-0.25, -0.2) is 22.4 Å². The molecule has 6 amide bonds. The molecule has 4 aromatic carbocycles. The molecule has 426 valence electrons. The van der Waals surface area contributed by atoms with E-state index in [0.29, 0.717) is 46.1 Å². The fraction of sp³-hybridized carbons (Fsp3) is 0.356. The number of halogens is 4. The van der Waals surface area contributed by atoms with Crippen LogP contribution in [0.3, 0.4) is 0 Å². The summed E-state index contributed by atoms with van der Waals surface area (Å²) in [7, 11) is 0. The average molecular weight is 1130 g/mol. The largest absolute Gasteiger partial charge is 0.494 e. The van der Waals surface area contributed by atoms with Crippen LogP contribution >= 0.6 is 0 Å². The number of alkyl carbamates (subject to hydrolysis) is 1. The number of rotatable bonds is 20. The standard InChI is InChI=1S/C59H58F4N10O9/c1-57(2,3)82-56(79)70-32-51(74)71(22-4-24-80-43-12-6-37(7-13-43)39-10-16-49-47(26-39)45(18-20-66-49)54(77)68-33-52(75)72-35-58(60,61)28-41(72)30-64)23-5-25-81-44-14-8-38(9-15-44)40-11-17-50-48(27-40)46(19-21-67-50)55(78)69-34-53(76)73-36-59(62,63)29-42(73)31-65/h6-21,26-27,41-42H,4-5,22-25,28-29,32-36H2,1-3H3,(H,68,77)(H,69,78)(H,70,79)/t41-,42-/m0/s1. The number of hydrogen-bond acceptors (Lipinski definition) is 13. The van der Waals surface area contributed by atoms with Gasteiger partial charge >= 0.3 is 6.09 Å². The molecule has 2 aliphatic heterocycles. The van der Waals surface area contributed by atoms with E-state index < -0.39 is 98.3 Å². The Bertz CT molecular complexity index is 3250. The van der Waals surface area contributed by atoms with Crippen molar-refractivity contribution < 1.29 is 60.5 Å². The maximum Gasteiger partial charge on any atom is 0.408 e. The molecule has 2 atom stereocenters. The molecule has 0 aliphatic carbocycles. The predicted octanol–water partition coefficient (Wildman–Crippen LogP) is 7.69. The van der Waals surface area contributed by atoms with E-state index in [4.69, 9.17) is 14.2 Å². The van der Waals surface area contributed by atoms with Gasteiger partial charge in [-0.3, -0.25) is 33.9 Å². The third-order valence-corrected chi connectivity index (χ3v) is 13.4. The number of nitriles is 2. The zero-order valence-corrected chi connectivity index (χ0v) is 45.1. The van der Waals surface area contributed by atoms with Crippen LogP contribution in [0.1, 0.15) is 67.2 Å². The minimum atomic E-state index is -3.19. The van der Waals surface area contributed by atoms with Gasteiger partial charge in [-0.2, -0.15) is 10.5 Å².